The summed E-state index contributed by atoms with van der Waals surface area (Å²) in [6, 6.07) is 1.14. The molecule has 2 heterocycles. The Kier molecular flexibility index (Phi) is 4.57. The van der Waals surface area contributed by atoms with Gasteiger partial charge in [-0.2, -0.15) is 4.31 Å². The molecule has 1 aromatic rings. The van der Waals surface area contributed by atoms with Crippen molar-refractivity contribution in [1.82, 2.24) is 4.31 Å². The molecule has 1 aromatic heterocycles. The van der Waals surface area contributed by atoms with Crippen molar-refractivity contribution in [2.45, 2.75) is 24.7 Å². The Hall–Kier alpha value is -1.87. The van der Waals surface area contributed by atoms with E-state index in [0.29, 0.717) is 0 Å². The van der Waals surface area contributed by atoms with Gasteiger partial charge in [-0.05, 0) is 19.8 Å². The maximum Gasteiger partial charge on any atom is 0.373 e. The minimum absolute atomic E-state index is 0.0957. The lowest BCUT2D eigenvalue weighted by molar-refractivity contribution is -0.142. The molecule has 1 N–H and O–H groups in total. The summed E-state index contributed by atoms with van der Waals surface area (Å²) in [6.45, 7) is 1.69. The molecule has 8 nitrogen and oxygen atoms in total. The fourth-order valence-corrected chi connectivity index (χ4v) is 4.04. The number of hydrogen-bond acceptors (Lipinski definition) is 6. The predicted molar refractivity (Wildman–Crippen MR) is 73.9 cm³/mol. The van der Waals surface area contributed by atoms with Crippen LogP contribution in [0.1, 0.15) is 29.2 Å². The average Bonchev–Trinajstić information content (AvgIpc) is 2.89. The third kappa shape index (κ3) is 3.00. The standard InChI is InChI=1S/C13H17NO7S/c1-8-11(7-10(21-8)13(17)20-2)22(18,19)14-5-3-9(4-6-14)12(15)16/h7,9H,3-6H2,1-2H3,(H,15,16). The van der Waals surface area contributed by atoms with Crippen LogP contribution in [0.15, 0.2) is 15.4 Å². The summed E-state index contributed by atoms with van der Waals surface area (Å²) in [6.07, 6.45) is 0.518. The number of ether oxygens (including phenoxy) is 1. The van der Waals surface area contributed by atoms with Gasteiger partial charge in [0.25, 0.3) is 0 Å². The molecule has 0 radical (unpaired) electrons. The van der Waals surface area contributed by atoms with E-state index >= 15 is 0 Å². The molecule has 2 rings (SSSR count). The van der Waals surface area contributed by atoms with E-state index in [9.17, 15) is 18.0 Å². The molecule has 0 amide bonds. The monoisotopic (exact) mass is 331 g/mol. The third-order valence-electron chi connectivity index (χ3n) is 3.68. The number of furan rings is 1. The summed E-state index contributed by atoms with van der Waals surface area (Å²) in [5.74, 6) is -2.28. The topological polar surface area (TPSA) is 114 Å². The zero-order chi connectivity index (χ0) is 16.5. The van der Waals surface area contributed by atoms with Crippen molar-refractivity contribution in [1.29, 1.82) is 0 Å². The predicted octanol–water partition coefficient (Wildman–Crippen LogP) is 0.860. The van der Waals surface area contributed by atoms with Gasteiger partial charge >= 0.3 is 11.9 Å². The van der Waals surface area contributed by atoms with Gasteiger partial charge in [0.15, 0.2) is 0 Å². The van der Waals surface area contributed by atoms with Crippen molar-refractivity contribution in [2.24, 2.45) is 5.92 Å². The molecule has 1 fully saturated rings. The molecule has 0 spiro atoms. The van der Waals surface area contributed by atoms with Gasteiger partial charge < -0.3 is 14.3 Å². The van der Waals surface area contributed by atoms with Crippen molar-refractivity contribution in [3.8, 4) is 0 Å². The van der Waals surface area contributed by atoms with E-state index in [2.05, 4.69) is 4.74 Å². The number of aryl methyl sites for hydroxylation is 1. The molecule has 0 bridgehead atoms. The number of carboxylic acid groups (broad SMARTS) is 1. The SMILES string of the molecule is COC(=O)c1cc(S(=O)(=O)N2CCC(C(=O)O)CC2)c(C)o1. The van der Waals surface area contributed by atoms with Crippen LogP contribution in [-0.2, 0) is 19.6 Å². The minimum Gasteiger partial charge on any atom is -0.481 e. The zero-order valence-electron chi connectivity index (χ0n) is 12.2. The second-order valence-electron chi connectivity index (χ2n) is 5.04. The number of esters is 1. The normalized spacial score (nSPS) is 17.4. The van der Waals surface area contributed by atoms with Crippen LogP contribution in [0.4, 0.5) is 0 Å². The van der Waals surface area contributed by atoms with E-state index in [0.717, 1.165) is 6.07 Å². The Labute approximate surface area is 127 Å². The summed E-state index contributed by atoms with van der Waals surface area (Å²) >= 11 is 0. The van der Waals surface area contributed by atoms with Gasteiger partial charge in [-0.15, -0.1) is 0 Å². The van der Waals surface area contributed by atoms with Gasteiger partial charge in [0.1, 0.15) is 10.7 Å². The minimum atomic E-state index is -3.82. The van der Waals surface area contributed by atoms with E-state index in [-0.39, 0.29) is 42.3 Å². The Morgan fingerprint density at radius 3 is 2.45 bits per heavy atom. The molecular weight excluding hydrogens is 314 g/mol. The van der Waals surface area contributed by atoms with E-state index in [1.54, 1.807) is 0 Å². The molecule has 0 saturated carbocycles. The largest absolute Gasteiger partial charge is 0.481 e. The number of carbonyl (C=O) groups is 2. The van der Waals surface area contributed by atoms with Crippen molar-refractivity contribution in [2.75, 3.05) is 20.2 Å². The second kappa shape index (κ2) is 6.09. The van der Waals surface area contributed by atoms with E-state index in [4.69, 9.17) is 9.52 Å². The zero-order valence-corrected chi connectivity index (χ0v) is 13.1. The summed E-state index contributed by atoms with van der Waals surface area (Å²) in [7, 11) is -2.65. The molecule has 1 aliphatic rings. The molecule has 22 heavy (non-hydrogen) atoms. The summed E-state index contributed by atoms with van der Waals surface area (Å²) < 4.78 is 36.0. The number of carboxylic acids is 1. The first-order valence-electron chi connectivity index (χ1n) is 6.69. The van der Waals surface area contributed by atoms with Crippen LogP contribution < -0.4 is 0 Å². The van der Waals surface area contributed by atoms with Gasteiger partial charge in [0, 0.05) is 19.2 Å². The van der Waals surface area contributed by atoms with Crippen LogP contribution in [0.5, 0.6) is 0 Å². The Bertz CT molecular complexity index is 683. The lowest BCUT2D eigenvalue weighted by Crippen LogP contribution is -2.40. The third-order valence-corrected chi connectivity index (χ3v) is 5.69. The smallest absolute Gasteiger partial charge is 0.373 e. The highest BCUT2D eigenvalue weighted by molar-refractivity contribution is 7.89. The molecule has 1 aliphatic heterocycles. The summed E-state index contributed by atoms with van der Waals surface area (Å²) in [5.41, 5.74) is 0. The number of aliphatic carboxylic acids is 1. The lowest BCUT2D eigenvalue weighted by atomic mass is 9.99. The van der Waals surface area contributed by atoms with Gasteiger partial charge in [-0.1, -0.05) is 0 Å². The Morgan fingerprint density at radius 2 is 1.95 bits per heavy atom. The number of hydrogen-bond donors (Lipinski definition) is 1. The first kappa shape index (κ1) is 16.5. The molecule has 1 saturated heterocycles. The average molecular weight is 331 g/mol. The first-order valence-corrected chi connectivity index (χ1v) is 8.13. The molecular formula is C13H17NO7S. The Balaban J connectivity index is 2.23. The fraction of sp³-hybridized carbons (Fsp3) is 0.538. The highest BCUT2D eigenvalue weighted by Gasteiger charge is 2.34. The van der Waals surface area contributed by atoms with E-state index in [1.807, 2.05) is 0 Å². The molecule has 0 unspecified atom stereocenters. The maximum atomic E-state index is 12.6. The van der Waals surface area contributed by atoms with Crippen LogP contribution >= 0.6 is 0 Å². The molecule has 122 valence electrons. The van der Waals surface area contributed by atoms with Gasteiger partial charge in [0.05, 0.1) is 13.0 Å². The summed E-state index contributed by atoms with van der Waals surface area (Å²) in [5, 5.41) is 8.95. The maximum absolute atomic E-state index is 12.6. The van der Waals surface area contributed by atoms with Crippen LogP contribution in [-0.4, -0.2) is 50.0 Å². The van der Waals surface area contributed by atoms with Crippen LogP contribution in [0, 0.1) is 12.8 Å². The number of methoxy groups -OCH3 is 1. The Morgan fingerprint density at radius 1 is 1.36 bits per heavy atom. The van der Waals surface area contributed by atoms with Crippen molar-refractivity contribution in [3.63, 3.8) is 0 Å². The van der Waals surface area contributed by atoms with Gasteiger partial charge in [0.2, 0.25) is 15.8 Å². The highest BCUT2D eigenvalue weighted by Crippen LogP contribution is 2.28. The van der Waals surface area contributed by atoms with Gasteiger partial charge in [-0.25, -0.2) is 13.2 Å². The van der Waals surface area contributed by atoms with E-state index in [1.165, 1.54) is 18.3 Å². The summed E-state index contributed by atoms with van der Waals surface area (Å²) in [4.78, 5) is 22.2. The number of carbonyl (C=O) groups excluding carboxylic acids is 1. The van der Waals surface area contributed by atoms with Crippen molar-refractivity contribution < 1.29 is 32.3 Å². The number of rotatable bonds is 4. The fourth-order valence-electron chi connectivity index (χ4n) is 2.40. The first-order chi connectivity index (χ1) is 10.3. The van der Waals surface area contributed by atoms with Crippen LogP contribution in [0.2, 0.25) is 0 Å². The van der Waals surface area contributed by atoms with Crippen molar-refractivity contribution in [3.05, 3.63) is 17.6 Å². The molecule has 0 aliphatic carbocycles. The molecule has 0 atom stereocenters. The highest BCUT2D eigenvalue weighted by atomic mass is 32.2. The lowest BCUT2D eigenvalue weighted by Gasteiger charge is -2.28. The van der Waals surface area contributed by atoms with Crippen LogP contribution in [0.25, 0.3) is 0 Å². The van der Waals surface area contributed by atoms with E-state index < -0.39 is 27.9 Å². The number of nitrogens with zero attached hydrogens (tertiary/aromatic N) is 1. The van der Waals surface area contributed by atoms with Gasteiger partial charge in [-0.3, -0.25) is 4.79 Å². The second-order valence-corrected chi connectivity index (χ2v) is 6.95. The quantitative estimate of drug-likeness (QED) is 0.814. The number of sulfonamides is 1. The molecule has 0 aromatic carbocycles. The van der Waals surface area contributed by atoms with Crippen LogP contribution in [0.3, 0.4) is 0 Å². The number of piperidine rings is 1. The van der Waals surface area contributed by atoms with Crippen molar-refractivity contribution >= 4 is 22.0 Å². The molecule has 9 heteroatoms.